The van der Waals surface area contributed by atoms with Crippen molar-refractivity contribution in [3.05, 3.63) is 81.0 Å². The number of rotatable bonds is 5. The van der Waals surface area contributed by atoms with Crippen LogP contribution in [0.5, 0.6) is 5.75 Å². The van der Waals surface area contributed by atoms with Gasteiger partial charge in [-0.2, -0.15) is 0 Å². The molecule has 9 heteroatoms. The average Bonchev–Trinajstić information content (AvgIpc) is 3.26. The zero-order chi connectivity index (χ0) is 22.9. The molecule has 0 fully saturated rings. The molecule has 1 aliphatic rings. The fraction of sp³-hybridized carbons (Fsp3) is 0.208. The number of carbonyl (C=O) groups is 1. The third-order valence-electron chi connectivity index (χ3n) is 5.35. The van der Waals surface area contributed by atoms with Crippen LogP contribution in [0.25, 0.3) is 21.3 Å². The Hall–Kier alpha value is -3.56. The third-order valence-corrected chi connectivity index (χ3v) is 6.24. The molecule has 1 aliphatic heterocycles. The molecule has 5 rings (SSSR count). The Bertz CT molecular complexity index is 1410. The van der Waals surface area contributed by atoms with Crippen LogP contribution in [0.1, 0.15) is 28.4 Å². The van der Waals surface area contributed by atoms with Gasteiger partial charge in [0.15, 0.2) is 6.79 Å². The molecule has 2 aromatic heterocycles. The quantitative estimate of drug-likeness (QED) is 0.407. The van der Waals surface area contributed by atoms with Gasteiger partial charge in [0.05, 0.1) is 37.0 Å². The second kappa shape index (κ2) is 8.76. The first-order valence-electron chi connectivity index (χ1n) is 10.3. The molecule has 168 valence electrons. The van der Waals surface area contributed by atoms with Crippen molar-refractivity contribution < 1.29 is 23.4 Å². The molecule has 3 heterocycles. The molecule has 0 saturated carbocycles. The first-order chi connectivity index (χ1) is 16.0. The van der Waals surface area contributed by atoms with E-state index in [1.165, 1.54) is 34.4 Å². The van der Waals surface area contributed by atoms with Crippen molar-refractivity contribution in [3.8, 4) is 16.9 Å². The molecule has 0 spiro atoms. The molecule has 2 aromatic carbocycles. The van der Waals surface area contributed by atoms with Gasteiger partial charge >= 0.3 is 5.97 Å². The highest BCUT2D eigenvalue weighted by molar-refractivity contribution is 7.17. The van der Waals surface area contributed by atoms with Crippen molar-refractivity contribution in [1.82, 2.24) is 9.55 Å². The molecule has 0 aliphatic carbocycles. The van der Waals surface area contributed by atoms with Gasteiger partial charge in [-0.25, -0.2) is 14.2 Å². The first kappa shape index (κ1) is 21.3. The summed E-state index contributed by atoms with van der Waals surface area (Å²) in [5, 5.41) is 2.31. The van der Waals surface area contributed by atoms with E-state index in [9.17, 15) is 14.0 Å². The van der Waals surface area contributed by atoms with Gasteiger partial charge in [0.2, 0.25) is 0 Å². The number of aromatic nitrogens is 2. The lowest BCUT2D eigenvalue weighted by Gasteiger charge is -2.22. The summed E-state index contributed by atoms with van der Waals surface area (Å²) >= 11 is 1.36. The molecular weight excluding hydrogens is 447 g/mol. The van der Waals surface area contributed by atoms with Crippen LogP contribution in [0.15, 0.2) is 52.9 Å². The van der Waals surface area contributed by atoms with Crippen LogP contribution in [0.2, 0.25) is 0 Å². The standard InChI is InChI=1S/C24H19FN2O5S/c1-2-31-24(29)15-7-16(21-17(8-15)10-30-13-32-21)9-27-12-26-22-20(23(27)28)19(11-33-22)14-3-5-18(25)6-4-14/h3-8,11-12H,2,9-10,13H2,1H3. The predicted molar refractivity (Wildman–Crippen MR) is 121 cm³/mol. The Morgan fingerprint density at radius 1 is 1.27 bits per heavy atom. The number of hydrogen-bond acceptors (Lipinski definition) is 7. The molecule has 4 aromatic rings. The number of hydrogen-bond donors (Lipinski definition) is 0. The lowest BCUT2D eigenvalue weighted by molar-refractivity contribution is -0.0171. The monoisotopic (exact) mass is 466 g/mol. The van der Waals surface area contributed by atoms with Gasteiger partial charge in [-0.3, -0.25) is 9.36 Å². The van der Waals surface area contributed by atoms with Crippen LogP contribution < -0.4 is 10.3 Å². The lowest BCUT2D eigenvalue weighted by Crippen LogP contribution is -2.23. The Kier molecular flexibility index (Phi) is 5.65. The summed E-state index contributed by atoms with van der Waals surface area (Å²) in [5.41, 5.74) is 2.94. The summed E-state index contributed by atoms with van der Waals surface area (Å²) in [6, 6.07) is 9.36. The Labute approximate surface area is 192 Å². The van der Waals surface area contributed by atoms with Crippen LogP contribution in [-0.2, 0) is 22.6 Å². The minimum atomic E-state index is -0.454. The fourth-order valence-corrected chi connectivity index (χ4v) is 4.76. The van der Waals surface area contributed by atoms with Crippen molar-refractivity contribution >= 4 is 27.5 Å². The van der Waals surface area contributed by atoms with E-state index in [-0.39, 0.29) is 31.3 Å². The number of nitrogens with zero attached hydrogens (tertiary/aromatic N) is 2. The molecule has 7 nitrogen and oxygen atoms in total. The number of carbonyl (C=O) groups excluding carboxylic acids is 1. The summed E-state index contributed by atoms with van der Waals surface area (Å²) in [5.74, 6) is -0.209. The van der Waals surface area contributed by atoms with Crippen molar-refractivity contribution in [2.45, 2.75) is 20.1 Å². The predicted octanol–water partition coefficient (Wildman–Crippen LogP) is 4.36. The largest absolute Gasteiger partial charge is 0.467 e. The second-order valence-corrected chi connectivity index (χ2v) is 8.33. The fourth-order valence-electron chi connectivity index (χ4n) is 3.85. The molecular formula is C24H19FN2O5S. The highest BCUT2D eigenvalue weighted by Crippen LogP contribution is 2.32. The summed E-state index contributed by atoms with van der Waals surface area (Å²) < 4.78 is 31.0. The molecule has 0 unspecified atom stereocenters. The third kappa shape index (κ3) is 4.01. The van der Waals surface area contributed by atoms with Crippen LogP contribution in [0.3, 0.4) is 0 Å². The number of fused-ring (bicyclic) bond motifs is 2. The van der Waals surface area contributed by atoms with Crippen molar-refractivity contribution in [2.75, 3.05) is 13.4 Å². The Morgan fingerprint density at radius 3 is 2.88 bits per heavy atom. The highest BCUT2D eigenvalue weighted by Gasteiger charge is 2.21. The number of thiophene rings is 1. The molecule has 0 radical (unpaired) electrons. The van der Waals surface area contributed by atoms with E-state index in [1.54, 1.807) is 31.2 Å². The van der Waals surface area contributed by atoms with E-state index in [1.807, 2.05) is 5.38 Å². The molecule has 0 saturated heterocycles. The van der Waals surface area contributed by atoms with Gasteiger partial charge in [-0.05, 0) is 36.8 Å². The number of benzene rings is 2. The maximum absolute atomic E-state index is 13.4. The molecule has 33 heavy (non-hydrogen) atoms. The minimum absolute atomic E-state index is 0.0875. The van der Waals surface area contributed by atoms with Gasteiger partial charge in [0.1, 0.15) is 16.4 Å². The van der Waals surface area contributed by atoms with Crippen molar-refractivity contribution in [1.29, 1.82) is 0 Å². The van der Waals surface area contributed by atoms with Gasteiger partial charge in [0.25, 0.3) is 5.56 Å². The Balaban J connectivity index is 1.59. The normalized spacial score (nSPS) is 12.9. The zero-order valence-electron chi connectivity index (χ0n) is 17.7. The average molecular weight is 466 g/mol. The van der Waals surface area contributed by atoms with E-state index in [0.717, 1.165) is 5.56 Å². The summed E-state index contributed by atoms with van der Waals surface area (Å²) in [6.45, 7) is 2.52. The Morgan fingerprint density at radius 2 is 2.09 bits per heavy atom. The van der Waals surface area contributed by atoms with Crippen LogP contribution in [-0.4, -0.2) is 28.9 Å². The van der Waals surface area contributed by atoms with E-state index in [2.05, 4.69) is 4.98 Å². The van der Waals surface area contributed by atoms with Crippen LogP contribution in [0.4, 0.5) is 4.39 Å². The van der Waals surface area contributed by atoms with Gasteiger partial charge in [-0.1, -0.05) is 12.1 Å². The topological polar surface area (TPSA) is 79.7 Å². The lowest BCUT2D eigenvalue weighted by atomic mass is 10.0. The van der Waals surface area contributed by atoms with Gasteiger partial charge in [0, 0.05) is 22.1 Å². The molecule has 0 atom stereocenters. The van der Waals surface area contributed by atoms with E-state index in [0.29, 0.717) is 44.8 Å². The van der Waals surface area contributed by atoms with E-state index < -0.39 is 5.97 Å². The summed E-state index contributed by atoms with van der Waals surface area (Å²) in [7, 11) is 0. The SMILES string of the molecule is CCOC(=O)c1cc2c(c(Cn3cnc4scc(-c5ccc(F)cc5)c4c3=O)c1)OCOC2. The van der Waals surface area contributed by atoms with Crippen molar-refractivity contribution in [3.63, 3.8) is 0 Å². The number of ether oxygens (including phenoxy) is 3. The highest BCUT2D eigenvalue weighted by atomic mass is 32.1. The van der Waals surface area contributed by atoms with Gasteiger partial charge < -0.3 is 14.2 Å². The summed E-state index contributed by atoms with van der Waals surface area (Å²) in [4.78, 5) is 30.9. The number of esters is 1. The minimum Gasteiger partial charge on any atom is -0.467 e. The first-order valence-corrected chi connectivity index (χ1v) is 11.2. The van der Waals surface area contributed by atoms with Crippen LogP contribution in [0, 0.1) is 5.82 Å². The maximum Gasteiger partial charge on any atom is 0.338 e. The molecule has 0 bridgehead atoms. The van der Waals surface area contributed by atoms with Gasteiger partial charge in [-0.15, -0.1) is 11.3 Å². The van der Waals surface area contributed by atoms with E-state index in [4.69, 9.17) is 14.2 Å². The van der Waals surface area contributed by atoms with Crippen molar-refractivity contribution in [2.24, 2.45) is 0 Å². The summed E-state index contributed by atoms with van der Waals surface area (Å²) in [6.07, 6.45) is 1.48. The smallest absolute Gasteiger partial charge is 0.338 e. The maximum atomic E-state index is 13.4. The van der Waals surface area contributed by atoms with Crippen LogP contribution >= 0.6 is 11.3 Å². The van der Waals surface area contributed by atoms with E-state index >= 15 is 0 Å². The zero-order valence-corrected chi connectivity index (χ0v) is 18.5. The second-order valence-electron chi connectivity index (χ2n) is 7.47. The molecule has 0 N–H and O–H groups in total. The number of halogens is 1. The molecule has 0 amide bonds.